The monoisotopic (exact) mass is 301 g/mol. The minimum atomic E-state index is -0.354. The number of carbonyl (C=O) groups excluding carboxylic acids is 1. The molecule has 6 heteroatoms. The molecule has 0 bridgehead atoms. The molecule has 0 atom stereocenters. The molecule has 2 aromatic carbocycles. The first-order valence-corrected chi connectivity index (χ1v) is 6.65. The van der Waals surface area contributed by atoms with Gasteiger partial charge in [-0.1, -0.05) is 11.6 Å². The molecule has 0 aliphatic carbocycles. The molecule has 2 aromatic rings. The molecule has 0 spiro atoms. The largest absolute Gasteiger partial charge is 0.507 e. The summed E-state index contributed by atoms with van der Waals surface area (Å²) < 4.78 is 12.7. The Kier molecular flexibility index (Phi) is 5.08. The Morgan fingerprint density at radius 3 is 2.73 bits per heavy atom. The normalized spacial score (nSPS) is 10.6. The Labute approximate surface area is 127 Å². The van der Waals surface area contributed by atoms with Gasteiger partial charge in [0.25, 0.3) is 5.91 Å². The molecule has 0 aromatic heterocycles. The van der Waals surface area contributed by atoms with Gasteiger partial charge in [-0.3, -0.25) is 4.79 Å². The summed E-state index contributed by atoms with van der Waals surface area (Å²) in [5.74, 6) is -0.599. The number of hydrogen-bond donors (Lipinski definition) is 3. The van der Waals surface area contributed by atoms with E-state index in [1.165, 1.54) is 30.5 Å². The minimum absolute atomic E-state index is 0.00275. The zero-order chi connectivity index (χ0) is 15.9. The lowest BCUT2D eigenvalue weighted by molar-refractivity contribution is -0.119. The van der Waals surface area contributed by atoms with Crippen LogP contribution in [0.4, 0.5) is 10.1 Å². The lowest BCUT2D eigenvalue weighted by atomic mass is 10.1. The van der Waals surface area contributed by atoms with E-state index in [9.17, 15) is 14.3 Å². The van der Waals surface area contributed by atoms with Gasteiger partial charge in [-0.05, 0) is 43.3 Å². The quantitative estimate of drug-likeness (QED) is 0.586. The fourth-order valence-corrected chi connectivity index (χ4v) is 1.74. The zero-order valence-corrected chi connectivity index (χ0v) is 12.0. The molecule has 0 saturated heterocycles. The average molecular weight is 301 g/mol. The van der Waals surface area contributed by atoms with Crippen LogP contribution in [0.3, 0.4) is 0 Å². The number of rotatable bonds is 5. The van der Waals surface area contributed by atoms with Crippen LogP contribution in [0, 0.1) is 12.7 Å². The van der Waals surface area contributed by atoms with Crippen molar-refractivity contribution in [3.05, 3.63) is 59.4 Å². The van der Waals surface area contributed by atoms with Crippen molar-refractivity contribution in [3.63, 3.8) is 0 Å². The summed E-state index contributed by atoms with van der Waals surface area (Å²) in [4.78, 5) is 11.6. The van der Waals surface area contributed by atoms with Gasteiger partial charge in [0.15, 0.2) is 0 Å². The highest BCUT2D eigenvalue weighted by Gasteiger charge is 2.01. The molecule has 0 radical (unpaired) electrons. The van der Waals surface area contributed by atoms with Crippen LogP contribution in [0.2, 0.25) is 0 Å². The van der Waals surface area contributed by atoms with Gasteiger partial charge in [-0.15, -0.1) is 0 Å². The molecule has 0 aliphatic heterocycles. The molecule has 0 heterocycles. The van der Waals surface area contributed by atoms with Crippen molar-refractivity contribution in [2.24, 2.45) is 5.10 Å². The summed E-state index contributed by atoms with van der Waals surface area (Å²) >= 11 is 0. The standard InChI is InChI=1S/C16H16FN3O2/c1-11-2-7-15(21)12(8-11)9-19-20-16(22)10-18-14-5-3-13(17)4-6-14/h2-9,18,21H,10H2,1H3,(H,20,22)/b19-9-. The molecule has 5 nitrogen and oxygen atoms in total. The number of aryl methyl sites for hydroxylation is 1. The van der Waals surface area contributed by atoms with Crippen LogP contribution in [0.15, 0.2) is 47.6 Å². The van der Waals surface area contributed by atoms with E-state index in [0.717, 1.165) is 5.56 Å². The van der Waals surface area contributed by atoms with Gasteiger partial charge in [-0.2, -0.15) is 5.10 Å². The Bertz CT molecular complexity index is 684. The predicted molar refractivity (Wildman–Crippen MR) is 83.5 cm³/mol. The fraction of sp³-hybridized carbons (Fsp3) is 0.125. The predicted octanol–water partition coefficient (Wildman–Crippen LogP) is 2.40. The van der Waals surface area contributed by atoms with Crippen LogP contribution in [-0.2, 0) is 4.79 Å². The third-order valence-corrected chi connectivity index (χ3v) is 2.87. The Morgan fingerprint density at radius 2 is 2.00 bits per heavy atom. The number of phenols is 1. The molecule has 114 valence electrons. The molecule has 2 rings (SSSR count). The summed E-state index contributed by atoms with van der Waals surface area (Å²) in [7, 11) is 0. The van der Waals surface area contributed by atoms with Gasteiger partial charge in [0, 0.05) is 11.3 Å². The van der Waals surface area contributed by atoms with Crippen molar-refractivity contribution in [1.82, 2.24) is 5.43 Å². The summed E-state index contributed by atoms with van der Waals surface area (Å²) in [6.07, 6.45) is 1.37. The molecule has 22 heavy (non-hydrogen) atoms. The first kappa shape index (κ1) is 15.5. The van der Waals surface area contributed by atoms with E-state index in [1.807, 2.05) is 6.92 Å². The number of anilines is 1. The summed E-state index contributed by atoms with van der Waals surface area (Å²) in [6.45, 7) is 1.89. The van der Waals surface area contributed by atoms with Crippen LogP contribution in [-0.4, -0.2) is 23.8 Å². The first-order chi connectivity index (χ1) is 10.5. The van der Waals surface area contributed by atoms with Gasteiger partial charge in [0.1, 0.15) is 11.6 Å². The number of halogens is 1. The number of nitrogens with zero attached hydrogens (tertiary/aromatic N) is 1. The number of phenolic OH excluding ortho intramolecular Hbond substituents is 1. The second kappa shape index (κ2) is 7.21. The van der Waals surface area contributed by atoms with Crippen molar-refractivity contribution in [1.29, 1.82) is 0 Å². The van der Waals surface area contributed by atoms with E-state index >= 15 is 0 Å². The number of aromatic hydroxyl groups is 1. The minimum Gasteiger partial charge on any atom is -0.507 e. The average Bonchev–Trinajstić information content (AvgIpc) is 2.50. The number of carbonyl (C=O) groups is 1. The highest BCUT2D eigenvalue weighted by atomic mass is 19.1. The van der Waals surface area contributed by atoms with E-state index in [0.29, 0.717) is 11.3 Å². The van der Waals surface area contributed by atoms with Crippen molar-refractivity contribution in [3.8, 4) is 5.75 Å². The van der Waals surface area contributed by atoms with Crippen molar-refractivity contribution >= 4 is 17.8 Å². The lowest BCUT2D eigenvalue weighted by Crippen LogP contribution is -2.25. The van der Waals surface area contributed by atoms with Crippen molar-refractivity contribution in [2.75, 3.05) is 11.9 Å². The number of hydrogen-bond acceptors (Lipinski definition) is 4. The number of benzene rings is 2. The highest BCUT2D eigenvalue weighted by molar-refractivity contribution is 5.86. The van der Waals surface area contributed by atoms with Crippen LogP contribution in [0.5, 0.6) is 5.75 Å². The molecule has 3 N–H and O–H groups in total. The van der Waals surface area contributed by atoms with Crippen molar-refractivity contribution < 1.29 is 14.3 Å². The van der Waals surface area contributed by atoms with Gasteiger partial charge in [0.2, 0.25) is 0 Å². The van der Waals surface area contributed by atoms with Gasteiger partial charge >= 0.3 is 0 Å². The van der Waals surface area contributed by atoms with E-state index in [4.69, 9.17) is 0 Å². The Balaban J connectivity index is 1.83. The second-order valence-electron chi connectivity index (χ2n) is 4.72. The molecule has 0 saturated carbocycles. The second-order valence-corrected chi connectivity index (χ2v) is 4.72. The molecule has 0 unspecified atom stereocenters. The van der Waals surface area contributed by atoms with E-state index in [-0.39, 0.29) is 24.0 Å². The topological polar surface area (TPSA) is 73.7 Å². The maximum absolute atomic E-state index is 12.7. The third kappa shape index (κ3) is 4.59. The van der Waals surface area contributed by atoms with Gasteiger partial charge in [-0.25, -0.2) is 9.82 Å². The van der Waals surface area contributed by atoms with Gasteiger partial charge in [0.05, 0.1) is 12.8 Å². The van der Waals surface area contributed by atoms with E-state index in [1.54, 1.807) is 18.2 Å². The first-order valence-electron chi connectivity index (χ1n) is 6.65. The number of hydrazone groups is 1. The molecule has 0 aliphatic rings. The van der Waals surface area contributed by atoms with Crippen molar-refractivity contribution in [2.45, 2.75) is 6.92 Å². The van der Waals surface area contributed by atoms with Crippen LogP contribution >= 0.6 is 0 Å². The summed E-state index contributed by atoms with van der Waals surface area (Å²) in [6, 6.07) is 10.8. The Morgan fingerprint density at radius 1 is 1.27 bits per heavy atom. The number of amides is 1. The molecule has 1 amide bonds. The summed E-state index contributed by atoms with van der Waals surface area (Å²) in [5.41, 5.74) is 4.47. The SMILES string of the molecule is Cc1ccc(O)c(/C=N\NC(=O)CNc2ccc(F)cc2)c1. The molecule has 0 fully saturated rings. The Hall–Kier alpha value is -2.89. The molecular weight excluding hydrogens is 285 g/mol. The van der Waals surface area contributed by atoms with Crippen LogP contribution in [0.1, 0.15) is 11.1 Å². The van der Waals surface area contributed by atoms with Crippen LogP contribution < -0.4 is 10.7 Å². The van der Waals surface area contributed by atoms with E-state index < -0.39 is 0 Å². The fourth-order valence-electron chi connectivity index (χ4n) is 1.74. The highest BCUT2D eigenvalue weighted by Crippen LogP contribution is 2.15. The number of nitrogens with one attached hydrogen (secondary N) is 2. The maximum Gasteiger partial charge on any atom is 0.259 e. The zero-order valence-electron chi connectivity index (χ0n) is 12.0. The summed E-state index contributed by atoms with van der Waals surface area (Å²) in [5, 5.41) is 16.3. The molecular formula is C16H16FN3O2. The third-order valence-electron chi connectivity index (χ3n) is 2.87. The van der Waals surface area contributed by atoms with Crippen LogP contribution in [0.25, 0.3) is 0 Å². The van der Waals surface area contributed by atoms with E-state index in [2.05, 4.69) is 15.8 Å². The maximum atomic E-state index is 12.7. The van der Waals surface area contributed by atoms with Gasteiger partial charge < -0.3 is 10.4 Å². The lowest BCUT2D eigenvalue weighted by Gasteiger charge is -2.05. The smallest absolute Gasteiger partial charge is 0.259 e.